The number of hydrogen-bond donors (Lipinski definition) is 0. The van der Waals surface area contributed by atoms with Crippen molar-refractivity contribution < 1.29 is 4.42 Å². The van der Waals surface area contributed by atoms with Gasteiger partial charge in [0.15, 0.2) is 0 Å². The third-order valence-electron chi connectivity index (χ3n) is 13.5. The summed E-state index contributed by atoms with van der Waals surface area (Å²) in [5.41, 5.74) is 15.2. The lowest BCUT2D eigenvalue weighted by atomic mass is 9.82. The molecule has 62 heavy (non-hydrogen) atoms. The second-order valence-electron chi connectivity index (χ2n) is 17.3. The average Bonchev–Trinajstić information content (AvgIpc) is 3.96. The van der Waals surface area contributed by atoms with Crippen LogP contribution in [-0.2, 0) is 5.41 Å². The van der Waals surface area contributed by atoms with Crippen LogP contribution >= 0.6 is 11.3 Å². The van der Waals surface area contributed by atoms with Crippen LogP contribution in [0.5, 0.6) is 0 Å². The molecule has 0 saturated carbocycles. The Balaban J connectivity index is 0.939. The third kappa shape index (κ3) is 5.28. The van der Waals surface area contributed by atoms with Gasteiger partial charge in [-0.25, -0.2) is 0 Å². The van der Waals surface area contributed by atoms with Crippen LogP contribution in [0.1, 0.15) is 25.0 Å². The Morgan fingerprint density at radius 1 is 0.403 bits per heavy atom. The molecule has 0 amide bonds. The minimum Gasteiger partial charge on any atom is -0.456 e. The Morgan fingerprint density at radius 2 is 0.952 bits per heavy atom. The first-order valence-electron chi connectivity index (χ1n) is 21.4. The smallest absolute Gasteiger partial charge is 0.136 e. The molecule has 12 aromatic rings. The van der Waals surface area contributed by atoms with E-state index in [4.69, 9.17) is 4.42 Å². The molecule has 0 fully saturated rings. The Morgan fingerprint density at radius 3 is 1.71 bits per heavy atom. The molecule has 10 aromatic carbocycles. The van der Waals surface area contributed by atoms with Gasteiger partial charge < -0.3 is 9.32 Å². The van der Waals surface area contributed by atoms with Crippen molar-refractivity contribution >= 4 is 92.1 Å². The number of anilines is 3. The molecule has 0 bridgehead atoms. The molecule has 2 nitrogen and oxygen atoms in total. The zero-order chi connectivity index (χ0) is 41.1. The Kier molecular flexibility index (Phi) is 7.56. The number of nitrogens with zero attached hydrogens (tertiary/aromatic N) is 1. The van der Waals surface area contributed by atoms with E-state index in [0.29, 0.717) is 0 Å². The van der Waals surface area contributed by atoms with Gasteiger partial charge in [-0.3, -0.25) is 0 Å². The van der Waals surface area contributed by atoms with E-state index >= 15 is 0 Å². The van der Waals surface area contributed by atoms with Crippen LogP contribution in [0.2, 0.25) is 0 Å². The highest BCUT2D eigenvalue weighted by Gasteiger charge is 2.37. The molecule has 0 saturated heterocycles. The second-order valence-corrected chi connectivity index (χ2v) is 18.4. The molecule has 2 heterocycles. The van der Waals surface area contributed by atoms with Crippen LogP contribution < -0.4 is 4.90 Å². The Bertz CT molecular complexity index is 3770. The van der Waals surface area contributed by atoms with E-state index in [1.807, 2.05) is 11.3 Å². The first-order chi connectivity index (χ1) is 30.5. The third-order valence-corrected chi connectivity index (χ3v) is 14.6. The van der Waals surface area contributed by atoms with Crippen LogP contribution in [0.3, 0.4) is 0 Å². The van der Waals surface area contributed by atoms with Gasteiger partial charge in [0.2, 0.25) is 0 Å². The molecule has 1 aliphatic rings. The van der Waals surface area contributed by atoms with Gasteiger partial charge in [0.1, 0.15) is 11.2 Å². The minimum atomic E-state index is -0.107. The van der Waals surface area contributed by atoms with Gasteiger partial charge in [-0.15, -0.1) is 11.3 Å². The van der Waals surface area contributed by atoms with Crippen molar-refractivity contribution in [3.8, 4) is 33.4 Å². The first kappa shape index (κ1) is 35.3. The van der Waals surface area contributed by atoms with Crippen molar-refractivity contribution in [3.05, 3.63) is 211 Å². The van der Waals surface area contributed by atoms with Gasteiger partial charge in [0, 0.05) is 53.4 Å². The molecular weight excluding hydrogens is 771 g/mol. The molecule has 0 unspecified atom stereocenters. The van der Waals surface area contributed by atoms with E-state index < -0.39 is 0 Å². The molecule has 0 atom stereocenters. The molecule has 0 aliphatic heterocycles. The van der Waals surface area contributed by atoms with E-state index in [2.05, 4.69) is 219 Å². The molecule has 3 heteroatoms. The molecule has 0 radical (unpaired) electrons. The summed E-state index contributed by atoms with van der Waals surface area (Å²) in [6.45, 7) is 4.73. The minimum absolute atomic E-state index is 0.107. The van der Waals surface area contributed by atoms with E-state index in [9.17, 15) is 0 Å². The summed E-state index contributed by atoms with van der Waals surface area (Å²) in [6, 6.07) is 73.7. The van der Waals surface area contributed by atoms with E-state index in [1.54, 1.807) is 0 Å². The van der Waals surface area contributed by atoms with Crippen LogP contribution in [0.4, 0.5) is 17.1 Å². The average molecular weight is 810 g/mol. The van der Waals surface area contributed by atoms with Crippen LogP contribution in [0.15, 0.2) is 205 Å². The lowest BCUT2D eigenvalue weighted by molar-refractivity contribution is 0.661. The maximum absolute atomic E-state index is 6.35. The monoisotopic (exact) mass is 809 g/mol. The number of thiophene rings is 1. The molecule has 0 spiro atoms. The van der Waals surface area contributed by atoms with Gasteiger partial charge in [0.05, 0.1) is 0 Å². The topological polar surface area (TPSA) is 16.4 Å². The maximum Gasteiger partial charge on any atom is 0.136 e. The van der Waals surface area contributed by atoms with Crippen molar-refractivity contribution in [2.75, 3.05) is 4.90 Å². The first-order valence-corrected chi connectivity index (χ1v) is 22.2. The summed E-state index contributed by atoms with van der Waals surface area (Å²) in [7, 11) is 0. The van der Waals surface area contributed by atoms with Crippen molar-refractivity contribution in [3.63, 3.8) is 0 Å². The van der Waals surface area contributed by atoms with Crippen LogP contribution in [-0.4, -0.2) is 0 Å². The quantitative estimate of drug-likeness (QED) is 0.172. The summed E-state index contributed by atoms with van der Waals surface area (Å²) in [5.74, 6) is 0. The fourth-order valence-electron chi connectivity index (χ4n) is 10.3. The predicted octanol–water partition coefficient (Wildman–Crippen LogP) is 17.4. The molecule has 292 valence electrons. The van der Waals surface area contributed by atoms with Gasteiger partial charge in [-0.1, -0.05) is 141 Å². The fraction of sp³-hybridized carbons (Fsp3) is 0.0508. The highest BCUT2D eigenvalue weighted by Crippen LogP contribution is 2.53. The second kappa shape index (κ2) is 13.3. The van der Waals surface area contributed by atoms with E-state index in [1.165, 1.54) is 80.5 Å². The number of rotatable bonds is 5. The zero-order valence-corrected chi connectivity index (χ0v) is 35.1. The summed E-state index contributed by atoms with van der Waals surface area (Å²) in [5, 5.41) is 9.95. The van der Waals surface area contributed by atoms with Gasteiger partial charge in [-0.2, -0.15) is 0 Å². The van der Waals surface area contributed by atoms with Crippen LogP contribution in [0, 0.1) is 0 Å². The van der Waals surface area contributed by atoms with E-state index in [0.717, 1.165) is 44.7 Å². The predicted molar refractivity (Wildman–Crippen MR) is 265 cm³/mol. The van der Waals surface area contributed by atoms with Crippen LogP contribution in [0.25, 0.3) is 97.0 Å². The van der Waals surface area contributed by atoms with Gasteiger partial charge in [-0.05, 0) is 139 Å². The Hall–Kier alpha value is -7.46. The SMILES string of the molecule is CC1(C)c2ccc(N(c3ccc(-c4ccc5sc6ccccc6c5c4)cc3)c3ccc(-c4ccc5oc6ccc7ccccc7c6c5c4)cc3)cc2-c2c1ccc1ccccc21. The van der Waals surface area contributed by atoms with Gasteiger partial charge >= 0.3 is 0 Å². The van der Waals surface area contributed by atoms with Crippen molar-refractivity contribution in [1.82, 2.24) is 0 Å². The highest BCUT2D eigenvalue weighted by molar-refractivity contribution is 7.25. The number of fused-ring (bicyclic) bond motifs is 13. The summed E-state index contributed by atoms with van der Waals surface area (Å²) >= 11 is 1.86. The molecule has 1 aliphatic carbocycles. The molecule has 2 aromatic heterocycles. The van der Waals surface area contributed by atoms with Crippen molar-refractivity contribution in [2.24, 2.45) is 0 Å². The Labute approximate surface area is 363 Å². The fourth-order valence-corrected chi connectivity index (χ4v) is 11.4. The normalized spacial score (nSPS) is 13.1. The molecule has 0 N–H and O–H groups in total. The standard InChI is InChI=1S/C59H39NOS/c1-59(2)51-29-27-44(35-49(51)57-45-11-5-3-9-38(45)19-28-52(57)59)60(43-25-17-37(18-26-43)41-22-32-56-48(33-41)47-13-7-8-14-55(47)62-56)42-23-15-36(16-24-42)40-21-30-53-50(34-40)58-46-12-6-4-10-39(46)20-31-54(58)61-53/h3-35H,1-2H3. The number of hydrogen-bond acceptors (Lipinski definition) is 3. The number of furan rings is 1. The lowest BCUT2D eigenvalue weighted by Gasteiger charge is -2.27. The zero-order valence-electron chi connectivity index (χ0n) is 34.3. The number of benzene rings is 10. The largest absolute Gasteiger partial charge is 0.456 e. The molecule has 13 rings (SSSR count). The highest BCUT2D eigenvalue weighted by atomic mass is 32.1. The summed E-state index contributed by atoms with van der Waals surface area (Å²) in [4.78, 5) is 2.42. The lowest BCUT2D eigenvalue weighted by Crippen LogP contribution is -2.15. The maximum atomic E-state index is 6.35. The van der Waals surface area contributed by atoms with Gasteiger partial charge in [0.25, 0.3) is 0 Å². The van der Waals surface area contributed by atoms with Crippen molar-refractivity contribution in [2.45, 2.75) is 19.3 Å². The van der Waals surface area contributed by atoms with E-state index in [-0.39, 0.29) is 5.41 Å². The summed E-state index contributed by atoms with van der Waals surface area (Å²) in [6.07, 6.45) is 0. The summed E-state index contributed by atoms with van der Waals surface area (Å²) < 4.78 is 9.00. The van der Waals surface area contributed by atoms with Crippen molar-refractivity contribution in [1.29, 1.82) is 0 Å². The molecular formula is C59H39NOS.